The summed E-state index contributed by atoms with van der Waals surface area (Å²) < 4.78 is 16.3. The molecular weight excluding hydrogens is 330 g/mol. The van der Waals surface area contributed by atoms with Gasteiger partial charge in [0.2, 0.25) is 0 Å². The smallest absolute Gasteiger partial charge is 0.411 e. The highest BCUT2D eigenvalue weighted by Crippen LogP contribution is 2.22. The number of carbonyl (C=O) groups excluding carboxylic acids is 1. The molecule has 2 atom stereocenters. The fourth-order valence-electron chi connectivity index (χ4n) is 2.36. The molecule has 1 amide bonds. The van der Waals surface area contributed by atoms with Gasteiger partial charge in [-0.3, -0.25) is 5.32 Å². The fraction of sp³-hybridized carbons (Fsp3) is 0.381. The van der Waals surface area contributed by atoms with Crippen LogP contribution in [-0.2, 0) is 9.47 Å². The Hall–Kier alpha value is -2.53. The third kappa shape index (κ3) is 6.76. The van der Waals surface area contributed by atoms with E-state index in [0.29, 0.717) is 11.6 Å². The number of benzene rings is 2. The average Bonchev–Trinajstić information content (AvgIpc) is 2.66. The van der Waals surface area contributed by atoms with Gasteiger partial charge in [0.05, 0.1) is 6.61 Å². The first kappa shape index (κ1) is 19.8. The van der Waals surface area contributed by atoms with Crippen molar-refractivity contribution in [2.24, 2.45) is 0 Å². The lowest BCUT2D eigenvalue weighted by molar-refractivity contribution is -0.0765. The molecule has 0 heterocycles. The zero-order valence-electron chi connectivity index (χ0n) is 15.6. The number of nitrogens with one attached hydrogen (secondary N) is 1. The molecule has 5 nitrogen and oxygen atoms in total. The largest absolute Gasteiger partial charge is 0.465 e. The SMILES string of the molecule is CCC(C)c1ccc(OC(C)OCCOC(=O)Nc2ccccc2)cc1. The third-order valence-electron chi connectivity index (χ3n) is 4.05. The molecule has 0 aliphatic rings. The van der Waals surface area contributed by atoms with Gasteiger partial charge in [-0.15, -0.1) is 0 Å². The molecule has 5 heteroatoms. The number of rotatable bonds is 9. The Morgan fingerprint density at radius 3 is 2.35 bits per heavy atom. The van der Waals surface area contributed by atoms with Crippen LogP contribution in [0.15, 0.2) is 54.6 Å². The van der Waals surface area contributed by atoms with Gasteiger partial charge < -0.3 is 14.2 Å². The fourth-order valence-corrected chi connectivity index (χ4v) is 2.36. The Balaban J connectivity index is 1.64. The van der Waals surface area contributed by atoms with Crippen molar-refractivity contribution in [3.8, 4) is 5.75 Å². The standard InChI is InChI=1S/C21H27NO4/c1-4-16(2)18-10-12-20(13-11-18)26-17(3)24-14-15-25-21(23)22-19-8-6-5-7-9-19/h5-13,16-17H,4,14-15H2,1-3H3,(H,22,23). The highest BCUT2D eigenvalue weighted by atomic mass is 16.7. The molecule has 0 aliphatic carbocycles. The number of ether oxygens (including phenoxy) is 3. The van der Waals surface area contributed by atoms with E-state index in [2.05, 4.69) is 31.3 Å². The molecule has 140 valence electrons. The maximum absolute atomic E-state index is 11.6. The molecule has 2 unspecified atom stereocenters. The van der Waals surface area contributed by atoms with Gasteiger partial charge in [-0.25, -0.2) is 4.79 Å². The number of carbonyl (C=O) groups is 1. The molecule has 0 saturated carbocycles. The Morgan fingerprint density at radius 2 is 1.69 bits per heavy atom. The first-order valence-electron chi connectivity index (χ1n) is 8.95. The van der Waals surface area contributed by atoms with Crippen molar-refractivity contribution in [2.75, 3.05) is 18.5 Å². The van der Waals surface area contributed by atoms with Crippen molar-refractivity contribution in [2.45, 2.75) is 39.4 Å². The van der Waals surface area contributed by atoms with Crippen LogP contribution < -0.4 is 10.1 Å². The van der Waals surface area contributed by atoms with E-state index in [1.807, 2.05) is 37.3 Å². The number of anilines is 1. The van der Waals surface area contributed by atoms with Gasteiger partial charge in [-0.1, -0.05) is 44.2 Å². The van der Waals surface area contributed by atoms with Gasteiger partial charge in [-0.2, -0.15) is 0 Å². The summed E-state index contributed by atoms with van der Waals surface area (Å²) in [6.07, 6.45) is 0.177. The molecular formula is C21H27NO4. The Kier molecular flexibility index (Phi) is 7.96. The second kappa shape index (κ2) is 10.5. The Morgan fingerprint density at radius 1 is 1.00 bits per heavy atom. The number of hydrogen-bond donors (Lipinski definition) is 1. The van der Waals surface area contributed by atoms with Gasteiger partial charge in [-0.05, 0) is 49.1 Å². The van der Waals surface area contributed by atoms with Crippen molar-refractivity contribution in [3.63, 3.8) is 0 Å². The summed E-state index contributed by atoms with van der Waals surface area (Å²) in [5, 5.41) is 2.64. The van der Waals surface area contributed by atoms with Crippen molar-refractivity contribution in [1.29, 1.82) is 0 Å². The van der Waals surface area contributed by atoms with E-state index in [9.17, 15) is 4.79 Å². The van der Waals surface area contributed by atoms with E-state index < -0.39 is 12.4 Å². The molecule has 0 radical (unpaired) electrons. The lowest BCUT2D eigenvalue weighted by Crippen LogP contribution is -2.21. The molecule has 0 fully saturated rings. The zero-order valence-corrected chi connectivity index (χ0v) is 15.6. The molecule has 0 aromatic heterocycles. The number of para-hydroxylation sites is 1. The summed E-state index contributed by atoms with van der Waals surface area (Å²) in [5.41, 5.74) is 1.99. The van der Waals surface area contributed by atoms with Crippen LogP contribution in [0.1, 0.15) is 38.7 Å². The van der Waals surface area contributed by atoms with Crippen molar-refractivity contribution in [1.82, 2.24) is 0 Å². The van der Waals surface area contributed by atoms with Crippen LogP contribution in [0.5, 0.6) is 5.75 Å². The van der Waals surface area contributed by atoms with Gasteiger partial charge in [0.25, 0.3) is 0 Å². The first-order chi connectivity index (χ1) is 12.6. The molecule has 0 saturated heterocycles. The summed E-state index contributed by atoms with van der Waals surface area (Å²) in [6.45, 7) is 6.60. The van der Waals surface area contributed by atoms with E-state index in [-0.39, 0.29) is 13.2 Å². The Bertz CT molecular complexity index is 657. The van der Waals surface area contributed by atoms with Crippen LogP contribution >= 0.6 is 0 Å². The van der Waals surface area contributed by atoms with E-state index in [1.54, 1.807) is 12.1 Å². The summed E-state index contributed by atoms with van der Waals surface area (Å²) >= 11 is 0. The lowest BCUT2D eigenvalue weighted by atomic mass is 9.99. The van der Waals surface area contributed by atoms with Crippen LogP contribution in [0.2, 0.25) is 0 Å². The van der Waals surface area contributed by atoms with E-state index in [4.69, 9.17) is 14.2 Å². The minimum atomic E-state index is -0.506. The molecule has 0 bridgehead atoms. The Labute approximate surface area is 155 Å². The monoisotopic (exact) mass is 357 g/mol. The van der Waals surface area contributed by atoms with Crippen LogP contribution in [-0.4, -0.2) is 25.6 Å². The quantitative estimate of drug-likeness (QED) is 0.496. The van der Waals surface area contributed by atoms with Gasteiger partial charge in [0, 0.05) is 5.69 Å². The topological polar surface area (TPSA) is 56.8 Å². The zero-order chi connectivity index (χ0) is 18.8. The van der Waals surface area contributed by atoms with Crippen molar-refractivity contribution >= 4 is 11.8 Å². The summed E-state index contributed by atoms with van der Waals surface area (Å²) in [7, 11) is 0. The average molecular weight is 357 g/mol. The van der Waals surface area contributed by atoms with Gasteiger partial charge >= 0.3 is 6.09 Å². The summed E-state index contributed by atoms with van der Waals surface area (Å²) in [4.78, 5) is 11.6. The minimum Gasteiger partial charge on any atom is -0.465 e. The van der Waals surface area contributed by atoms with E-state index in [1.165, 1.54) is 5.56 Å². The molecule has 26 heavy (non-hydrogen) atoms. The lowest BCUT2D eigenvalue weighted by Gasteiger charge is -2.16. The van der Waals surface area contributed by atoms with Crippen LogP contribution in [0, 0.1) is 0 Å². The summed E-state index contributed by atoms with van der Waals surface area (Å²) in [5.74, 6) is 1.30. The van der Waals surface area contributed by atoms with E-state index in [0.717, 1.165) is 12.2 Å². The second-order valence-electron chi connectivity index (χ2n) is 6.06. The summed E-state index contributed by atoms with van der Waals surface area (Å²) in [6, 6.07) is 17.2. The molecule has 2 aromatic carbocycles. The van der Waals surface area contributed by atoms with Crippen LogP contribution in [0.25, 0.3) is 0 Å². The normalized spacial score (nSPS) is 12.9. The predicted molar refractivity (Wildman–Crippen MR) is 103 cm³/mol. The first-order valence-corrected chi connectivity index (χ1v) is 8.95. The number of amides is 1. The number of hydrogen-bond acceptors (Lipinski definition) is 4. The third-order valence-corrected chi connectivity index (χ3v) is 4.05. The molecule has 0 aliphatic heterocycles. The van der Waals surface area contributed by atoms with E-state index >= 15 is 0 Å². The second-order valence-corrected chi connectivity index (χ2v) is 6.06. The maximum atomic E-state index is 11.6. The van der Waals surface area contributed by atoms with Gasteiger partial charge in [0.1, 0.15) is 12.4 Å². The predicted octanol–water partition coefficient (Wildman–Crippen LogP) is 5.19. The van der Waals surface area contributed by atoms with Crippen LogP contribution in [0.3, 0.4) is 0 Å². The molecule has 2 rings (SSSR count). The highest BCUT2D eigenvalue weighted by molar-refractivity contribution is 5.84. The molecule has 0 spiro atoms. The van der Waals surface area contributed by atoms with Crippen molar-refractivity contribution in [3.05, 3.63) is 60.2 Å². The molecule has 2 aromatic rings. The highest BCUT2D eigenvalue weighted by Gasteiger charge is 2.07. The minimum absolute atomic E-state index is 0.152. The van der Waals surface area contributed by atoms with Crippen molar-refractivity contribution < 1.29 is 19.0 Å². The van der Waals surface area contributed by atoms with Crippen LogP contribution in [0.4, 0.5) is 10.5 Å². The van der Waals surface area contributed by atoms with Gasteiger partial charge in [0.15, 0.2) is 6.29 Å². The molecule has 1 N–H and O–H groups in total. The maximum Gasteiger partial charge on any atom is 0.411 e.